The molecule has 2 aliphatic carbocycles. The summed E-state index contributed by atoms with van der Waals surface area (Å²) in [5.74, 6) is -0.650. The van der Waals surface area contributed by atoms with Crippen molar-refractivity contribution in [2.24, 2.45) is 9.98 Å². The average molecular weight is 410 g/mol. The highest BCUT2D eigenvalue weighted by atomic mass is 16.1. The summed E-state index contributed by atoms with van der Waals surface area (Å²) in [4.78, 5) is 37.0. The Morgan fingerprint density at radius 3 is 1.38 bits per heavy atom. The third-order valence-corrected chi connectivity index (χ3v) is 7.29. The lowest BCUT2D eigenvalue weighted by molar-refractivity contribution is 0.0973. The van der Waals surface area contributed by atoms with Gasteiger partial charge in [-0.2, -0.15) is 0 Å². The molecule has 4 aromatic carbocycles. The molecule has 0 aromatic heterocycles. The first-order valence-corrected chi connectivity index (χ1v) is 10.8. The highest BCUT2D eigenvalue weighted by Gasteiger charge is 2.44. The van der Waals surface area contributed by atoms with Gasteiger partial charge < -0.3 is 0 Å². The van der Waals surface area contributed by atoms with Crippen molar-refractivity contribution in [2.45, 2.75) is 11.8 Å². The Kier molecular flexibility index (Phi) is 2.76. The summed E-state index contributed by atoms with van der Waals surface area (Å²) in [5, 5.41) is 1.69. The van der Waals surface area contributed by atoms with Crippen LogP contribution in [0.3, 0.4) is 0 Å². The predicted molar refractivity (Wildman–Crippen MR) is 123 cm³/mol. The molecule has 0 amide bonds. The quantitative estimate of drug-likeness (QED) is 0.375. The maximum atomic E-state index is 13.7. The number of ketones is 2. The molecule has 0 N–H and O–H groups in total. The molecule has 4 aliphatic rings. The van der Waals surface area contributed by atoms with Gasteiger partial charge in [0.2, 0.25) is 0 Å². The van der Waals surface area contributed by atoms with Crippen molar-refractivity contribution in [3.05, 3.63) is 106 Å². The van der Waals surface area contributed by atoms with E-state index in [1.54, 1.807) is 0 Å². The fourth-order valence-corrected chi connectivity index (χ4v) is 5.96. The van der Waals surface area contributed by atoms with Crippen LogP contribution in [-0.4, -0.2) is 23.0 Å². The number of hydrogen-bond donors (Lipinski definition) is 0. The fraction of sp³-hybridized carbons (Fsp3) is 0.0714. The maximum absolute atomic E-state index is 13.7. The molecule has 4 heteroatoms. The average Bonchev–Trinajstić information content (AvgIpc) is 3.40. The van der Waals surface area contributed by atoms with Crippen LogP contribution in [0.5, 0.6) is 0 Å². The second-order valence-corrected chi connectivity index (χ2v) is 8.78. The second kappa shape index (κ2) is 5.35. The minimum absolute atomic E-state index is 0.0520. The summed E-state index contributed by atoms with van der Waals surface area (Å²) in [6.45, 7) is 0. The molecule has 0 bridgehead atoms. The van der Waals surface area contributed by atoms with Crippen molar-refractivity contribution in [3.8, 4) is 0 Å². The van der Waals surface area contributed by atoms with Crippen molar-refractivity contribution in [3.63, 3.8) is 0 Å². The summed E-state index contributed by atoms with van der Waals surface area (Å²) in [5.41, 5.74) is 8.43. The Bertz CT molecular complexity index is 1550. The van der Waals surface area contributed by atoms with E-state index in [9.17, 15) is 9.59 Å². The molecular formula is C28H14N2O2. The van der Waals surface area contributed by atoms with E-state index in [-0.39, 0.29) is 23.4 Å². The highest BCUT2D eigenvalue weighted by Crippen LogP contribution is 2.50. The van der Waals surface area contributed by atoms with Gasteiger partial charge in [0.1, 0.15) is 0 Å². The largest absolute Gasteiger partial charge is 0.293 e. The van der Waals surface area contributed by atoms with Crippen LogP contribution in [0.1, 0.15) is 54.8 Å². The van der Waals surface area contributed by atoms with Gasteiger partial charge in [-0.25, -0.2) is 0 Å². The Balaban J connectivity index is 1.46. The van der Waals surface area contributed by atoms with Crippen LogP contribution >= 0.6 is 0 Å². The summed E-state index contributed by atoms with van der Waals surface area (Å²) < 4.78 is 0. The monoisotopic (exact) mass is 410 g/mol. The van der Waals surface area contributed by atoms with E-state index in [2.05, 4.69) is 12.1 Å². The smallest absolute Gasteiger partial charge is 0.177 e. The number of carbonyl (C=O) groups excluding carboxylic acids is 2. The predicted octanol–water partition coefficient (Wildman–Crippen LogP) is 5.67. The van der Waals surface area contributed by atoms with E-state index < -0.39 is 0 Å². The molecular weight excluding hydrogens is 396 g/mol. The molecule has 0 spiro atoms. The van der Waals surface area contributed by atoms with Crippen molar-refractivity contribution in [2.75, 3.05) is 0 Å². The molecule has 4 aromatic rings. The lowest BCUT2D eigenvalue weighted by Gasteiger charge is -2.29. The molecule has 0 saturated carbocycles. The summed E-state index contributed by atoms with van der Waals surface area (Å²) in [6, 6.07) is 23.5. The zero-order chi connectivity index (χ0) is 21.1. The van der Waals surface area contributed by atoms with Gasteiger partial charge in [-0.1, -0.05) is 48.5 Å². The summed E-state index contributed by atoms with van der Waals surface area (Å²) >= 11 is 0. The normalized spacial score (nSPS) is 21.0. The van der Waals surface area contributed by atoms with Gasteiger partial charge in [0.15, 0.2) is 11.6 Å². The van der Waals surface area contributed by atoms with Crippen LogP contribution in [0.4, 0.5) is 11.4 Å². The van der Waals surface area contributed by atoms with Gasteiger partial charge in [-0.3, -0.25) is 19.6 Å². The molecule has 2 aliphatic heterocycles. The molecule has 0 fully saturated rings. The van der Waals surface area contributed by atoms with Crippen molar-refractivity contribution in [1.82, 2.24) is 0 Å². The van der Waals surface area contributed by atoms with Crippen molar-refractivity contribution >= 4 is 45.1 Å². The van der Waals surface area contributed by atoms with Crippen LogP contribution in [0.2, 0.25) is 0 Å². The van der Waals surface area contributed by atoms with Crippen LogP contribution < -0.4 is 0 Å². The Hall–Kier alpha value is -4.18. The Labute approximate surface area is 183 Å². The zero-order valence-electron chi connectivity index (χ0n) is 16.8. The minimum Gasteiger partial charge on any atom is -0.293 e. The second-order valence-electron chi connectivity index (χ2n) is 8.78. The first-order chi connectivity index (χ1) is 15.7. The first kappa shape index (κ1) is 16.5. The highest BCUT2D eigenvalue weighted by molar-refractivity contribution is 6.41. The van der Waals surface area contributed by atoms with Crippen LogP contribution in [0.25, 0.3) is 10.8 Å². The first-order valence-electron chi connectivity index (χ1n) is 10.8. The molecule has 0 unspecified atom stereocenters. The molecule has 32 heavy (non-hydrogen) atoms. The SMILES string of the molecule is O=C1c2ccc3c4c(ccc(c24)C2=Nc4ccccc4[C@@H]12)C1=Nc2ccccc2[C@H]1C3=O. The van der Waals surface area contributed by atoms with Gasteiger partial charge >= 0.3 is 0 Å². The van der Waals surface area contributed by atoms with E-state index in [0.717, 1.165) is 55.8 Å². The standard InChI is InChI=1S/C28H14N2O2/c31-27-17-11-12-18-22-16(26-24(28(18)32)14-6-2-4-8-20(14)30-26)10-9-15(21(17)22)25-23(27)13-5-1-3-7-19(13)29-25/h1-12,23-24H/t23-,24-/m1/s1. The van der Waals surface area contributed by atoms with Crippen LogP contribution in [-0.2, 0) is 0 Å². The van der Waals surface area contributed by atoms with E-state index in [1.807, 2.05) is 60.7 Å². The number of Topliss-reactive ketones (excluding diaryl/α,β-unsaturated/α-hetero) is 2. The fourth-order valence-electron chi connectivity index (χ4n) is 5.96. The third kappa shape index (κ3) is 1.73. The summed E-state index contributed by atoms with van der Waals surface area (Å²) in [6.07, 6.45) is 0. The zero-order valence-corrected chi connectivity index (χ0v) is 16.8. The molecule has 0 saturated heterocycles. The Morgan fingerprint density at radius 1 is 0.500 bits per heavy atom. The third-order valence-electron chi connectivity index (χ3n) is 7.29. The number of nitrogens with zero attached hydrogens (tertiary/aromatic N) is 2. The van der Waals surface area contributed by atoms with Crippen molar-refractivity contribution in [1.29, 1.82) is 0 Å². The lowest BCUT2D eigenvalue weighted by Crippen LogP contribution is -2.30. The number of hydrogen-bond acceptors (Lipinski definition) is 4. The number of carbonyl (C=O) groups is 2. The van der Waals surface area contributed by atoms with Crippen molar-refractivity contribution < 1.29 is 9.59 Å². The Morgan fingerprint density at radius 2 is 0.906 bits per heavy atom. The van der Waals surface area contributed by atoms with Gasteiger partial charge in [0, 0.05) is 33.0 Å². The van der Waals surface area contributed by atoms with E-state index >= 15 is 0 Å². The number of aliphatic imine (C=N–C) groups is 2. The van der Waals surface area contributed by atoms with Crippen LogP contribution in [0.15, 0.2) is 82.8 Å². The van der Waals surface area contributed by atoms with E-state index in [4.69, 9.17) is 9.98 Å². The number of para-hydroxylation sites is 2. The van der Waals surface area contributed by atoms with E-state index in [1.165, 1.54) is 0 Å². The summed E-state index contributed by atoms with van der Waals surface area (Å²) in [7, 11) is 0. The van der Waals surface area contributed by atoms with Gasteiger partial charge in [-0.15, -0.1) is 0 Å². The molecule has 4 nitrogen and oxygen atoms in total. The number of rotatable bonds is 0. The maximum Gasteiger partial charge on any atom is 0.177 e. The molecule has 8 rings (SSSR count). The van der Waals surface area contributed by atoms with Gasteiger partial charge in [0.25, 0.3) is 0 Å². The van der Waals surface area contributed by atoms with Gasteiger partial charge in [0.05, 0.1) is 34.6 Å². The molecule has 148 valence electrons. The number of fused-ring (bicyclic) bond motifs is 8. The number of benzene rings is 4. The topological polar surface area (TPSA) is 58.9 Å². The lowest BCUT2D eigenvalue weighted by atomic mass is 9.71. The van der Waals surface area contributed by atoms with Gasteiger partial charge in [-0.05, 0) is 35.4 Å². The molecule has 0 radical (unpaired) electrons. The molecule has 2 atom stereocenters. The molecule has 2 heterocycles. The van der Waals surface area contributed by atoms with E-state index in [0.29, 0.717) is 11.1 Å². The minimum atomic E-state index is -0.377. The van der Waals surface area contributed by atoms with Crippen LogP contribution in [0, 0.1) is 0 Å².